The van der Waals surface area contributed by atoms with Gasteiger partial charge in [-0.2, -0.15) is 0 Å². The zero-order chi connectivity index (χ0) is 14.2. The molecule has 1 atom stereocenters. The molecule has 1 unspecified atom stereocenters. The lowest BCUT2D eigenvalue weighted by atomic mass is 9.94. The molecule has 2 rings (SSSR count). The minimum atomic E-state index is -0.312. The van der Waals surface area contributed by atoms with Crippen LogP contribution >= 0.6 is 0 Å². The number of hydrogen-bond acceptors (Lipinski definition) is 2. The van der Waals surface area contributed by atoms with Crippen LogP contribution in [-0.4, -0.2) is 30.2 Å². The van der Waals surface area contributed by atoms with E-state index in [4.69, 9.17) is 0 Å². The molecule has 1 heterocycles. The van der Waals surface area contributed by atoms with E-state index in [1.807, 2.05) is 35.2 Å². The minimum Gasteiger partial charge on any atom is -0.342 e. The first-order chi connectivity index (χ1) is 9.83. The Hall–Kier alpha value is -1.64. The predicted octanol–water partition coefficient (Wildman–Crippen LogP) is 3.15. The summed E-state index contributed by atoms with van der Waals surface area (Å²) in [6.45, 7) is 1.67. The Bertz CT molecular complexity index is 422. The number of hydrogen-bond donors (Lipinski definition) is 0. The van der Waals surface area contributed by atoms with Gasteiger partial charge in [-0.05, 0) is 18.4 Å². The molecule has 0 bridgehead atoms. The van der Waals surface area contributed by atoms with Crippen LogP contribution in [0.15, 0.2) is 30.3 Å². The number of carbonyl (C=O) groups is 2. The highest BCUT2D eigenvalue weighted by Gasteiger charge is 2.25. The average Bonchev–Trinajstić information content (AvgIpc) is 2.45. The van der Waals surface area contributed by atoms with Crippen LogP contribution in [0.1, 0.15) is 50.0 Å². The molecule has 3 heteroatoms. The molecule has 1 aromatic rings. The molecule has 0 saturated carbocycles. The smallest absolute Gasteiger partial charge is 0.230 e. The Kier molecular flexibility index (Phi) is 5.78. The standard InChI is InChI=1S/C17H23NO2/c19-14-11-16(15-9-5-4-6-10-15)17(20)18-12-7-2-1-3-8-13-18/h4-6,9-10,14,16H,1-3,7-8,11-13H2. The molecule has 1 amide bonds. The molecule has 0 N–H and O–H groups in total. The fourth-order valence-electron chi connectivity index (χ4n) is 2.85. The highest BCUT2D eigenvalue weighted by molar-refractivity contribution is 5.86. The third-order valence-corrected chi connectivity index (χ3v) is 4.00. The van der Waals surface area contributed by atoms with E-state index in [1.165, 1.54) is 19.3 Å². The summed E-state index contributed by atoms with van der Waals surface area (Å²) in [7, 11) is 0. The second-order valence-corrected chi connectivity index (χ2v) is 5.46. The molecule has 0 spiro atoms. The van der Waals surface area contributed by atoms with Crippen molar-refractivity contribution < 1.29 is 9.59 Å². The Morgan fingerprint density at radius 1 is 1.05 bits per heavy atom. The van der Waals surface area contributed by atoms with Crippen molar-refractivity contribution in [1.29, 1.82) is 0 Å². The maximum Gasteiger partial charge on any atom is 0.230 e. The second kappa shape index (κ2) is 7.83. The van der Waals surface area contributed by atoms with Crippen molar-refractivity contribution in [2.75, 3.05) is 13.1 Å². The summed E-state index contributed by atoms with van der Waals surface area (Å²) in [4.78, 5) is 25.6. The van der Waals surface area contributed by atoms with E-state index in [0.717, 1.165) is 37.8 Å². The third kappa shape index (κ3) is 3.92. The van der Waals surface area contributed by atoms with Crippen LogP contribution in [-0.2, 0) is 9.59 Å². The van der Waals surface area contributed by atoms with E-state index in [0.29, 0.717) is 0 Å². The van der Waals surface area contributed by atoms with Gasteiger partial charge < -0.3 is 9.69 Å². The summed E-state index contributed by atoms with van der Waals surface area (Å²) in [5.74, 6) is -0.196. The topological polar surface area (TPSA) is 37.4 Å². The van der Waals surface area contributed by atoms with Gasteiger partial charge in [-0.3, -0.25) is 4.79 Å². The number of amides is 1. The lowest BCUT2D eigenvalue weighted by Crippen LogP contribution is -2.37. The molecule has 1 aliphatic heterocycles. The largest absolute Gasteiger partial charge is 0.342 e. The highest BCUT2D eigenvalue weighted by Crippen LogP contribution is 2.23. The molecule has 1 fully saturated rings. The van der Waals surface area contributed by atoms with E-state index < -0.39 is 0 Å². The van der Waals surface area contributed by atoms with E-state index in [1.54, 1.807) is 0 Å². The maximum atomic E-state index is 12.7. The number of rotatable bonds is 4. The number of aldehydes is 1. The molecular formula is C17H23NO2. The second-order valence-electron chi connectivity index (χ2n) is 5.46. The third-order valence-electron chi connectivity index (χ3n) is 4.00. The van der Waals surface area contributed by atoms with Gasteiger partial charge >= 0.3 is 0 Å². The van der Waals surface area contributed by atoms with Gasteiger partial charge in [0.25, 0.3) is 0 Å². The summed E-state index contributed by atoms with van der Waals surface area (Å²) >= 11 is 0. The summed E-state index contributed by atoms with van der Waals surface area (Å²) in [6, 6.07) is 9.66. The Balaban J connectivity index is 2.11. The summed E-state index contributed by atoms with van der Waals surface area (Å²) < 4.78 is 0. The van der Waals surface area contributed by atoms with Crippen molar-refractivity contribution in [3.8, 4) is 0 Å². The number of nitrogens with zero attached hydrogens (tertiary/aromatic N) is 1. The van der Waals surface area contributed by atoms with Crippen LogP contribution in [0.3, 0.4) is 0 Å². The van der Waals surface area contributed by atoms with E-state index in [-0.39, 0.29) is 18.2 Å². The quantitative estimate of drug-likeness (QED) is 0.790. The van der Waals surface area contributed by atoms with Crippen molar-refractivity contribution in [1.82, 2.24) is 4.90 Å². The molecule has 0 radical (unpaired) electrons. The van der Waals surface area contributed by atoms with Crippen molar-refractivity contribution in [3.63, 3.8) is 0 Å². The van der Waals surface area contributed by atoms with Crippen LogP contribution in [0.2, 0.25) is 0 Å². The lowest BCUT2D eigenvalue weighted by Gasteiger charge is -2.28. The van der Waals surface area contributed by atoms with Crippen molar-refractivity contribution >= 4 is 12.2 Å². The van der Waals surface area contributed by atoms with Crippen molar-refractivity contribution in [2.45, 2.75) is 44.4 Å². The molecule has 108 valence electrons. The zero-order valence-electron chi connectivity index (χ0n) is 12.0. The average molecular weight is 273 g/mol. The predicted molar refractivity (Wildman–Crippen MR) is 79.5 cm³/mol. The van der Waals surface area contributed by atoms with Crippen LogP contribution in [0.25, 0.3) is 0 Å². The SMILES string of the molecule is O=CCC(C(=O)N1CCCCCCC1)c1ccccc1. The minimum absolute atomic E-state index is 0.116. The molecule has 0 aromatic heterocycles. The van der Waals surface area contributed by atoms with Gasteiger partial charge in [-0.15, -0.1) is 0 Å². The van der Waals surface area contributed by atoms with E-state index in [9.17, 15) is 9.59 Å². The maximum absolute atomic E-state index is 12.7. The Labute approximate surface area is 121 Å². The van der Waals surface area contributed by atoms with E-state index in [2.05, 4.69) is 0 Å². The number of likely N-dealkylation sites (tertiary alicyclic amines) is 1. The molecule has 20 heavy (non-hydrogen) atoms. The summed E-state index contributed by atoms with van der Waals surface area (Å²) in [5, 5.41) is 0. The fourth-order valence-corrected chi connectivity index (χ4v) is 2.85. The Morgan fingerprint density at radius 3 is 2.25 bits per heavy atom. The first kappa shape index (κ1) is 14.8. The number of carbonyl (C=O) groups excluding carboxylic acids is 2. The van der Waals surface area contributed by atoms with Crippen molar-refractivity contribution in [3.05, 3.63) is 35.9 Å². The van der Waals surface area contributed by atoms with Gasteiger partial charge in [0.05, 0.1) is 5.92 Å². The van der Waals surface area contributed by atoms with Gasteiger partial charge in [0.2, 0.25) is 5.91 Å². The first-order valence-electron chi connectivity index (χ1n) is 7.60. The molecule has 1 aliphatic rings. The Morgan fingerprint density at radius 2 is 1.65 bits per heavy atom. The van der Waals surface area contributed by atoms with E-state index >= 15 is 0 Å². The van der Waals surface area contributed by atoms with Gasteiger partial charge in [0, 0.05) is 19.5 Å². The normalized spacial score (nSPS) is 17.9. The monoisotopic (exact) mass is 273 g/mol. The summed E-state index contributed by atoms with van der Waals surface area (Å²) in [6.07, 6.45) is 6.97. The number of benzene rings is 1. The van der Waals surface area contributed by atoms with Crippen molar-refractivity contribution in [2.24, 2.45) is 0 Å². The van der Waals surface area contributed by atoms with Crippen LogP contribution < -0.4 is 0 Å². The lowest BCUT2D eigenvalue weighted by molar-refractivity contribution is -0.134. The first-order valence-corrected chi connectivity index (χ1v) is 7.60. The molecular weight excluding hydrogens is 250 g/mol. The van der Waals surface area contributed by atoms with Gasteiger partial charge in [0.15, 0.2) is 0 Å². The summed E-state index contributed by atoms with van der Waals surface area (Å²) in [5.41, 5.74) is 0.951. The highest BCUT2D eigenvalue weighted by atomic mass is 16.2. The zero-order valence-corrected chi connectivity index (χ0v) is 12.0. The van der Waals surface area contributed by atoms with Crippen LogP contribution in [0.5, 0.6) is 0 Å². The molecule has 1 saturated heterocycles. The molecule has 1 aromatic carbocycles. The van der Waals surface area contributed by atoms with Gasteiger partial charge in [0.1, 0.15) is 6.29 Å². The molecule has 3 nitrogen and oxygen atoms in total. The fraction of sp³-hybridized carbons (Fsp3) is 0.529. The van der Waals surface area contributed by atoms with Crippen LogP contribution in [0.4, 0.5) is 0 Å². The van der Waals surface area contributed by atoms with Gasteiger partial charge in [-0.25, -0.2) is 0 Å². The van der Waals surface area contributed by atoms with Crippen LogP contribution in [0, 0.1) is 0 Å². The van der Waals surface area contributed by atoms with Gasteiger partial charge in [-0.1, -0.05) is 49.6 Å². The molecule has 0 aliphatic carbocycles.